The molecule has 0 bridgehead atoms. The van der Waals surface area contributed by atoms with E-state index in [9.17, 15) is 19.3 Å². The van der Waals surface area contributed by atoms with Gasteiger partial charge in [0.2, 0.25) is 0 Å². The number of nitro groups is 1. The van der Waals surface area contributed by atoms with Crippen molar-refractivity contribution in [3.05, 3.63) is 39.7 Å². The summed E-state index contributed by atoms with van der Waals surface area (Å²) in [5, 5.41) is 10.5. The lowest BCUT2D eigenvalue weighted by molar-refractivity contribution is -0.385. The van der Waals surface area contributed by atoms with Gasteiger partial charge in [0.15, 0.2) is 0 Å². The zero-order valence-electron chi connectivity index (χ0n) is 10.6. The third-order valence-corrected chi connectivity index (χ3v) is 2.77. The first-order chi connectivity index (χ1) is 8.81. The molecular weight excluding hydrogens is 275 g/mol. The van der Waals surface area contributed by atoms with Gasteiger partial charge in [-0.25, -0.2) is 4.39 Å². The van der Waals surface area contributed by atoms with Crippen LogP contribution in [-0.2, 0) is 0 Å². The van der Waals surface area contributed by atoms with Crippen molar-refractivity contribution in [1.29, 1.82) is 0 Å². The Kier molecular flexibility index (Phi) is 5.23. The molecule has 1 rings (SSSR count). The second-order valence-electron chi connectivity index (χ2n) is 4.25. The number of amides is 1. The summed E-state index contributed by atoms with van der Waals surface area (Å²) in [6.45, 7) is 2.20. The smallest absolute Gasteiger partial charge is 0.273 e. The van der Waals surface area contributed by atoms with Crippen molar-refractivity contribution in [2.45, 2.75) is 18.7 Å². The highest BCUT2D eigenvalue weighted by Gasteiger charge is 2.17. The van der Waals surface area contributed by atoms with Crippen LogP contribution in [0.2, 0.25) is 0 Å². The van der Waals surface area contributed by atoms with Gasteiger partial charge in [-0.15, -0.1) is 11.6 Å². The predicted molar refractivity (Wildman–Crippen MR) is 69.9 cm³/mol. The molecule has 0 spiro atoms. The number of non-ortho nitro benzene ring substituents is 1. The topological polar surface area (TPSA) is 63.5 Å². The van der Waals surface area contributed by atoms with Gasteiger partial charge in [-0.1, -0.05) is 0 Å². The van der Waals surface area contributed by atoms with E-state index in [1.165, 1.54) is 4.90 Å². The Bertz CT molecular complexity index is 494. The van der Waals surface area contributed by atoms with E-state index in [1.807, 2.05) is 0 Å². The van der Waals surface area contributed by atoms with E-state index in [0.717, 1.165) is 18.2 Å². The minimum atomic E-state index is -0.809. The van der Waals surface area contributed by atoms with E-state index in [1.54, 1.807) is 14.0 Å². The number of benzene rings is 1. The maximum absolute atomic E-state index is 13.2. The van der Waals surface area contributed by atoms with Crippen LogP contribution in [0.3, 0.4) is 0 Å². The van der Waals surface area contributed by atoms with Crippen LogP contribution in [0.5, 0.6) is 0 Å². The van der Waals surface area contributed by atoms with Crippen molar-refractivity contribution >= 4 is 23.2 Å². The summed E-state index contributed by atoms with van der Waals surface area (Å²) in [6.07, 6.45) is 0.585. The molecule has 1 atom stereocenters. The van der Waals surface area contributed by atoms with Gasteiger partial charge in [-0.3, -0.25) is 14.9 Å². The molecule has 0 aliphatic heterocycles. The van der Waals surface area contributed by atoms with Gasteiger partial charge in [0, 0.05) is 30.6 Å². The number of alkyl halides is 1. The second kappa shape index (κ2) is 6.47. The Balaban J connectivity index is 2.90. The van der Waals surface area contributed by atoms with Crippen LogP contribution < -0.4 is 0 Å². The average Bonchev–Trinajstić information content (AvgIpc) is 2.34. The molecule has 0 saturated heterocycles. The molecule has 7 heteroatoms. The molecule has 104 valence electrons. The molecule has 1 aromatic carbocycles. The van der Waals surface area contributed by atoms with Gasteiger partial charge in [-0.05, 0) is 19.4 Å². The summed E-state index contributed by atoms with van der Waals surface area (Å²) in [5.74, 6) is -1.28. The van der Waals surface area contributed by atoms with Crippen molar-refractivity contribution < 1.29 is 14.1 Å². The van der Waals surface area contributed by atoms with Crippen LogP contribution >= 0.6 is 11.6 Å². The Labute approximate surface area is 115 Å². The van der Waals surface area contributed by atoms with Gasteiger partial charge >= 0.3 is 0 Å². The standard InChI is InChI=1S/C12H14ClFN2O3/c1-8(13)3-4-15(2)12(17)9-5-10(14)7-11(6-9)16(18)19/h5-8H,3-4H2,1-2H3. The van der Waals surface area contributed by atoms with Gasteiger partial charge in [0.1, 0.15) is 5.82 Å². The van der Waals surface area contributed by atoms with Crippen LogP contribution in [0.4, 0.5) is 10.1 Å². The first kappa shape index (κ1) is 15.4. The highest BCUT2D eigenvalue weighted by Crippen LogP contribution is 2.17. The van der Waals surface area contributed by atoms with Crippen molar-refractivity contribution in [2.75, 3.05) is 13.6 Å². The first-order valence-electron chi connectivity index (χ1n) is 5.65. The fourth-order valence-corrected chi connectivity index (χ4v) is 1.59. The SMILES string of the molecule is CC(Cl)CCN(C)C(=O)c1cc(F)cc([N+](=O)[O-])c1. The Morgan fingerprint density at radius 3 is 2.68 bits per heavy atom. The monoisotopic (exact) mass is 288 g/mol. The number of nitrogens with zero attached hydrogens (tertiary/aromatic N) is 2. The molecule has 0 aromatic heterocycles. The molecule has 19 heavy (non-hydrogen) atoms. The molecule has 0 saturated carbocycles. The van der Waals surface area contributed by atoms with Gasteiger partial charge in [-0.2, -0.15) is 0 Å². The van der Waals surface area contributed by atoms with Crippen molar-refractivity contribution in [2.24, 2.45) is 0 Å². The number of carbonyl (C=O) groups is 1. The Hall–Kier alpha value is -1.69. The van der Waals surface area contributed by atoms with Crippen LogP contribution in [-0.4, -0.2) is 34.7 Å². The van der Waals surface area contributed by atoms with Gasteiger partial charge in [0.05, 0.1) is 11.0 Å². The van der Waals surface area contributed by atoms with Crippen molar-refractivity contribution in [1.82, 2.24) is 4.90 Å². The largest absolute Gasteiger partial charge is 0.342 e. The molecule has 0 N–H and O–H groups in total. The number of rotatable bonds is 5. The minimum Gasteiger partial charge on any atom is -0.342 e. The summed E-state index contributed by atoms with van der Waals surface area (Å²) in [6, 6.07) is 2.82. The van der Waals surface area contributed by atoms with E-state index >= 15 is 0 Å². The third-order valence-electron chi connectivity index (χ3n) is 2.55. The number of nitro benzene ring substituents is 1. The van der Waals surface area contributed by atoms with Crippen LogP contribution in [0.15, 0.2) is 18.2 Å². The number of halogens is 2. The lowest BCUT2D eigenvalue weighted by Crippen LogP contribution is -2.29. The van der Waals surface area contributed by atoms with Crippen LogP contribution in [0.25, 0.3) is 0 Å². The Morgan fingerprint density at radius 2 is 2.16 bits per heavy atom. The molecule has 0 heterocycles. The van der Waals surface area contributed by atoms with Crippen molar-refractivity contribution in [3.8, 4) is 0 Å². The van der Waals surface area contributed by atoms with Crippen LogP contribution in [0.1, 0.15) is 23.7 Å². The van der Waals surface area contributed by atoms with Gasteiger partial charge < -0.3 is 4.90 Å². The van der Waals surface area contributed by atoms with Crippen molar-refractivity contribution in [3.63, 3.8) is 0 Å². The molecule has 1 unspecified atom stereocenters. The molecule has 0 fully saturated rings. The fourth-order valence-electron chi connectivity index (χ4n) is 1.50. The van der Waals surface area contributed by atoms with E-state index in [4.69, 9.17) is 11.6 Å². The zero-order valence-corrected chi connectivity index (χ0v) is 11.4. The summed E-state index contributed by atoms with van der Waals surface area (Å²) >= 11 is 5.78. The molecule has 1 amide bonds. The highest BCUT2D eigenvalue weighted by molar-refractivity contribution is 6.20. The zero-order chi connectivity index (χ0) is 14.6. The lowest BCUT2D eigenvalue weighted by Gasteiger charge is -2.17. The van der Waals surface area contributed by atoms with E-state index < -0.39 is 22.3 Å². The molecular formula is C12H14ClFN2O3. The number of hydrogen-bond donors (Lipinski definition) is 0. The Morgan fingerprint density at radius 1 is 1.53 bits per heavy atom. The summed E-state index contributed by atoms with van der Waals surface area (Å²) in [4.78, 5) is 23.2. The molecule has 0 aliphatic carbocycles. The first-order valence-corrected chi connectivity index (χ1v) is 6.09. The maximum Gasteiger partial charge on any atom is 0.273 e. The van der Waals surface area contributed by atoms with E-state index in [0.29, 0.717) is 13.0 Å². The number of hydrogen-bond acceptors (Lipinski definition) is 3. The summed E-state index contributed by atoms with van der Waals surface area (Å²) < 4.78 is 13.2. The fraction of sp³-hybridized carbons (Fsp3) is 0.417. The van der Waals surface area contributed by atoms with Crippen LogP contribution in [0, 0.1) is 15.9 Å². The minimum absolute atomic E-state index is 0.0450. The van der Waals surface area contributed by atoms with Gasteiger partial charge in [0.25, 0.3) is 11.6 Å². The maximum atomic E-state index is 13.2. The molecule has 0 aliphatic rings. The highest BCUT2D eigenvalue weighted by atomic mass is 35.5. The third kappa shape index (κ3) is 4.48. The molecule has 1 aromatic rings. The summed E-state index contributed by atoms with van der Waals surface area (Å²) in [7, 11) is 1.54. The lowest BCUT2D eigenvalue weighted by atomic mass is 10.1. The summed E-state index contributed by atoms with van der Waals surface area (Å²) in [5.41, 5.74) is -0.487. The molecule has 0 radical (unpaired) electrons. The molecule has 5 nitrogen and oxygen atoms in total. The number of carbonyl (C=O) groups excluding carboxylic acids is 1. The van der Waals surface area contributed by atoms with E-state index in [-0.39, 0.29) is 10.9 Å². The predicted octanol–water partition coefficient (Wildman–Crippen LogP) is 2.82. The quantitative estimate of drug-likeness (QED) is 0.475. The average molecular weight is 289 g/mol. The van der Waals surface area contributed by atoms with E-state index in [2.05, 4.69) is 0 Å². The second-order valence-corrected chi connectivity index (χ2v) is 5.00. The normalized spacial score (nSPS) is 12.0.